The van der Waals surface area contributed by atoms with Crippen molar-refractivity contribution >= 4 is 45.0 Å². The molecule has 0 bridgehead atoms. The number of hydrogen-bond donors (Lipinski definition) is 2. The first-order chi connectivity index (χ1) is 14.2. The van der Waals surface area contributed by atoms with Gasteiger partial charge in [0.25, 0.3) is 5.91 Å². The number of nitrogens with zero attached hydrogens (tertiary/aromatic N) is 1. The number of hydrogen-bond acceptors (Lipinski definition) is 5. The maximum Gasteiger partial charge on any atom is 0.573 e. The van der Waals surface area contributed by atoms with E-state index in [1.165, 1.54) is 41.7 Å². The molecule has 0 saturated heterocycles. The fourth-order valence-electron chi connectivity index (χ4n) is 2.29. The van der Waals surface area contributed by atoms with Gasteiger partial charge in [-0.3, -0.25) is 9.52 Å². The van der Waals surface area contributed by atoms with Gasteiger partial charge in [-0.25, -0.2) is 9.19 Å². The van der Waals surface area contributed by atoms with E-state index >= 15 is 0 Å². The second-order valence-electron chi connectivity index (χ2n) is 5.73. The Bertz CT molecular complexity index is 1050. The van der Waals surface area contributed by atoms with Gasteiger partial charge in [-0.05, 0) is 35.9 Å². The number of thiazole rings is 1. The number of halogens is 4. The Labute approximate surface area is 180 Å². The smallest absolute Gasteiger partial charge is 0.406 e. The van der Waals surface area contributed by atoms with Gasteiger partial charge in [-0.1, -0.05) is 23.7 Å². The molecule has 2 N–H and O–H groups in total. The van der Waals surface area contributed by atoms with Crippen LogP contribution in [-0.2, 0) is 17.5 Å². The zero-order valence-corrected chi connectivity index (χ0v) is 17.3. The largest absolute Gasteiger partial charge is 0.573 e. The molecule has 1 aromatic heterocycles. The lowest BCUT2D eigenvalue weighted by Crippen LogP contribution is -2.23. The van der Waals surface area contributed by atoms with Crippen molar-refractivity contribution in [3.63, 3.8) is 0 Å². The first-order valence-corrected chi connectivity index (χ1v) is 10.6. The molecule has 3 rings (SSSR count). The maximum atomic E-state index is 12.3. The molecule has 0 aliphatic heterocycles. The first-order valence-electron chi connectivity index (χ1n) is 8.21. The monoisotopic (exact) mass is 475 g/mol. The lowest BCUT2D eigenvalue weighted by atomic mass is 10.2. The van der Waals surface area contributed by atoms with Gasteiger partial charge in [-0.2, -0.15) is 0 Å². The molecule has 2 aromatic carbocycles. The molecule has 30 heavy (non-hydrogen) atoms. The topological polar surface area (TPSA) is 80.3 Å². The molecule has 1 amide bonds. The van der Waals surface area contributed by atoms with Crippen molar-refractivity contribution in [1.29, 1.82) is 0 Å². The minimum Gasteiger partial charge on any atom is -0.406 e. The number of nitrogens with one attached hydrogen (secondary N) is 2. The van der Waals surface area contributed by atoms with Crippen LogP contribution in [0.2, 0.25) is 5.02 Å². The third-order valence-corrected chi connectivity index (χ3v) is 5.99. The summed E-state index contributed by atoms with van der Waals surface area (Å²) in [6.45, 7) is 0.0854. The van der Waals surface area contributed by atoms with Crippen LogP contribution < -0.4 is 14.8 Å². The second-order valence-corrected chi connectivity index (χ2v) is 8.21. The fraction of sp³-hybridized carbons (Fsp3) is 0.111. The van der Waals surface area contributed by atoms with Crippen LogP contribution >= 0.6 is 22.9 Å². The molecular weight excluding hydrogens is 463 g/mol. The Hall–Kier alpha value is -2.63. The van der Waals surface area contributed by atoms with Gasteiger partial charge in [0.05, 0.1) is 9.92 Å². The number of amides is 1. The Morgan fingerprint density at radius 1 is 1.20 bits per heavy atom. The number of carbonyl (C=O) groups is 1. The molecule has 1 atom stereocenters. The van der Waals surface area contributed by atoms with Gasteiger partial charge in [0, 0.05) is 23.7 Å². The van der Waals surface area contributed by atoms with E-state index in [9.17, 15) is 22.2 Å². The molecule has 12 heteroatoms. The highest BCUT2D eigenvalue weighted by Gasteiger charge is 2.30. The molecule has 1 unspecified atom stereocenters. The van der Waals surface area contributed by atoms with Crippen LogP contribution in [0.5, 0.6) is 5.75 Å². The normalized spacial score (nSPS) is 12.3. The number of ether oxygens (including phenoxy) is 1. The van der Waals surface area contributed by atoms with Crippen LogP contribution in [0, 0.1) is 0 Å². The zero-order valence-electron chi connectivity index (χ0n) is 14.9. The van der Waals surface area contributed by atoms with Crippen molar-refractivity contribution in [2.45, 2.75) is 17.8 Å². The van der Waals surface area contributed by atoms with Crippen molar-refractivity contribution in [3.8, 4) is 5.75 Å². The summed E-state index contributed by atoms with van der Waals surface area (Å²) in [6.07, 6.45) is -3.20. The third-order valence-electron chi connectivity index (χ3n) is 3.62. The van der Waals surface area contributed by atoms with Crippen molar-refractivity contribution in [1.82, 2.24) is 10.3 Å². The summed E-state index contributed by atoms with van der Waals surface area (Å²) in [6, 6.07) is 9.45. The number of aromatic nitrogens is 1. The summed E-state index contributed by atoms with van der Waals surface area (Å²) in [5.74, 6) is -0.794. The van der Waals surface area contributed by atoms with E-state index in [0.29, 0.717) is 15.6 Å². The predicted molar refractivity (Wildman–Crippen MR) is 108 cm³/mol. The van der Waals surface area contributed by atoms with E-state index in [1.54, 1.807) is 11.6 Å². The highest BCUT2D eigenvalue weighted by molar-refractivity contribution is 7.86. The van der Waals surface area contributed by atoms with Crippen molar-refractivity contribution in [3.05, 3.63) is 70.2 Å². The standard InChI is InChI=1S/C18H13ClF3N3O3S2/c19-14-9-12(3-6-15(14)30(27)25-17-23-7-8-29-17)16(26)24-10-11-1-4-13(5-2-11)28-18(20,21)22/h1-9H,10H2,(H,23,25)(H,24,26). The SMILES string of the molecule is O=C(NCc1ccc(OC(F)(F)F)cc1)c1ccc(S(=O)Nc2nccs2)c(Cl)c1. The van der Waals surface area contributed by atoms with Crippen LogP contribution in [0.3, 0.4) is 0 Å². The Balaban J connectivity index is 1.59. The first kappa shape index (κ1) is 22.1. The summed E-state index contributed by atoms with van der Waals surface area (Å²) >= 11 is 7.44. The molecule has 0 aliphatic carbocycles. The molecule has 0 aliphatic rings. The van der Waals surface area contributed by atoms with Crippen LogP contribution in [0.4, 0.5) is 18.3 Å². The highest BCUT2D eigenvalue weighted by Crippen LogP contribution is 2.24. The quantitative estimate of drug-likeness (QED) is 0.516. The summed E-state index contributed by atoms with van der Waals surface area (Å²) < 4.78 is 55.4. The van der Waals surface area contributed by atoms with Crippen LogP contribution in [0.1, 0.15) is 15.9 Å². The Morgan fingerprint density at radius 3 is 2.53 bits per heavy atom. The van der Waals surface area contributed by atoms with Crippen molar-refractivity contribution < 1.29 is 26.9 Å². The van der Waals surface area contributed by atoms with Crippen molar-refractivity contribution in [2.75, 3.05) is 4.72 Å². The molecular formula is C18H13ClF3N3O3S2. The molecule has 0 spiro atoms. The average Bonchev–Trinajstić information content (AvgIpc) is 3.18. The maximum absolute atomic E-state index is 12.3. The van der Waals surface area contributed by atoms with Gasteiger partial charge < -0.3 is 10.1 Å². The molecule has 0 saturated carbocycles. The summed E-state index contributed by atoms with van der Waals surface area (Å²) in [7, 11) is -1.65. The molecule has 1 heterocycles. The van der Waals surface area contributed by atoms with E-state index in [-0.39, 0.29) is 22.9 Å². The van der Waals surface area contributed by atoms with Gasteiger partial charge >= 0.3 is 6.36 Å². The molecule has 158 valence electrons. The lowest BCUT2D eigenvalue weighted by Gasteiger charge is -2.10. The molecule has 3 aromatic rings. The predicted octanol–water partition coefficient (Wildman–Crippen LogP) is 4.76. The van der Waals surface area contributed by atoms with Crippen LogP contribution in [0.25, 0.3) is 0 Å². The Kier molecular flexibility index (Phi) is 6.95. The second kappa shape index (κ2) is 9.45. The van der Waals surface area contributed by atoms with E-state index in [1.807, 2.05) is 0 Å². The summed E-state index contributed by atoms with van der Waals surface area (Å²) in [5.41, 5.74) is 0.821. The average molecular weight is 476 g/mol. The number of carbonyl (C=O) groups excluding carboxylic acids is 1. The minimum absolute atomic E-state index is 0.0854. The number of benzene rings is 2. The molecule has 0 fully saturated rings. The van der Waals surface area contributed by atoms with Gasteiger partial charge in [-0.15, -0.1) is 24.5 Å². The van der Waals surface area contributed by atoms with Crippen molar-refractivity contribution in [2.24, 2.45) is 0 Å². The number of anilines is 1. The minimum atomic E-state index is -4.76. The third kappa shape index (κ3) is 6.18. The van der Waals surface area contributed by atoms with E-state index in [4.69, 9.17) is 11.6 Å². The van der Waals surface area contributed by atoms with E-state index in [0.717, 1.165) is 12.1 Å². The van der Waals surface area contributed by atoms with Crippen LogP contribution in [-0.4, -0.2) is 21.5 Å². The van der Waals surface area contributed by atoms with E-state index < -0.39 is 23.3 Å². The number of rotatable bonds is 7. The molecule has 6 nitrogen and oxygen atoms in total. The Morgan fingerprint density at radius 2 is 1.93 bits per heavy atom. The lowest BCUT2D eigenvalue weighted by molar-refractivity contribution is -0.274. The number of alkyl halides is 3. The van der Waals surface area contributed by atoms with Gasteiger partial charge in [0.1, 0.15) is 5.75 Å². The zero-order chi connectivity index (χ0) is 21.7. The molecule has 0 radical (unpaired) electrons. The van der Waals surface area contributed by atoms with Gasteiger partial charge in [0.2, 0.25) is 0 Å². The summed E-state index contributed by atoms with van der Waals surface area (Å²) in [5, 5.41) is 4.97. The highest BCUT2D eigenvalue weighted by atomic mass is 35.5. The van der Waals surface area contributed by atoms with Crippen LogP contribution in [0.15, 0.2) is 58.9 Å². The summed E-state index contributed by atoms with van der Waals surface area (Å²) in [4.78, 5) is 16.6. The van der Waals surface area contributed by atoms with E-state index in [2.05, 4.69) is 19.8 Å². The fourth-order valence-corrected chi connectivity index (χ4v) is 4.23. The van der Waals surface area contributed by atoms with Gasteiger partial charge in [0.15, 0.2) is 16.1 Å².